The highest BCUT2D eigenvalue weighted by Gasteiger charge is 2.41. The molecule has 3 aliphatic heterocycles. The molecule has 3 heterocycles. The molecule has 0 spiro atoms. The van der Waals surface area contributed by atoms with E-state index in [0.717, 1.165) is 36.0 Å². The highest BCUT2D eigenvalue weighted by Crippen LogP contribution is 2.32. The summed E-state index contributed by atoms with van der Waals surface area (Å²) in [6, 6.07) is 8.10. The number of hydrogen-bond donors (Lipinski definition) is 0. The van der Waals surface area contributed by atoms with Crippen LogP contribution in [0.2, 0.25) is 0 Å². The molecule has 0 bridgehead atoms. The van der Waals surface area contributed by atoms with E-state index in [1.165, 1.54) is 36.4 Å². The van der Waals surface area contributed by atoms with Crippen LogP contribution in [0.4, 0.5) is 11.4 Å². The number of nitro groups is 2. The molecule has 14 nitrogen and oxygen atoms in total. The van der Waals surface area contributed by atoms with E-state index in [-0.39, 0.29) is 46.7 Å². The van der Waals surface area contributed by atoms with Gasteiger partial charge in [-0.1, -0.05) is 12.1 Å². The van der Waals surface area contributed by atoms with Crippen LogP contribution in [0.15, 0.2) is 36.4 Å². The molecule has 2 aromatic rings. The summed E-state index contributed by atoms with van der Waals surface area (Å²) in [5.41, 5.74) is -0.895. The second kappa shape index (κ2) is 10.9. The maximum absolute atomic E-state index is 12.7. The van der Waals surface area contributed by atoms with Crippen molar-refractivity contribution in [1.29, 1.82) is 0 Å². The molecule has 2 aromatic carbocycles. The summed E-state index contributed by atoms with van der Waals surface area (Å²) in [5.74, 6) is -2.29. The molecule has 208 valence electrons. The standard InChI is InChI=1S/C26H26N6O8/c33-23-17-5-1-7-19(31(37)38)21(17)25(35)29(23)11-3-9-27-13-15-28(16-14-27)10-4-12-30-24(34)18-6-2-8-20(32(39)40)22(18)26(30)36/h1-2,5-8H,3-4,9-16H2. The van der Waals surface area contributed by atoms with E-state index in [2.05, 4.69) is 9.80 Å². The Balaban J connectivity index is 1.05. The Labute approximate surface area is 228 Å². The van der Waals surface area contributed by atoms with Crippen molar-refractivity contribution in [2.24, 2.45) is 0 Å². The fourth-order valence-electron chi connectivity index (χ4n) is 5.48. The lowest BCUT2D eigenvalue weighted by atomic mass is 10.1. The Kier molecular flexibility index (Phi) is 7.36. The third-order valence-corrected chi connectivity index (χ3v) is 7.52. The van der Waals surface area contributed by atoms with E-state index in [4.69, 9.17) is 0 Å². The van der Waals surface area contributed by atoms with Gasteiger partial charge in [-0.25, -0.2) is 0 Å². The number of imide groups is 2. The number of carbonyl (C=O) groups excluding carboxylic acids is 4. The first kappa shape index (κ1) is 27.0. The van der Waals surface area contributed by atoms with Crippen molar-refractivity contribution in [3.05, 3.63) is 78.9 Å². The third kappa shape index (κ3) is 4.82. The van der Waals surface area contributed by atoms with Gasteiger partial charge in [-0.05, 0) is 38.1 Å². The molecule has 40 heavy (non-hydrogen) atoms. The molecule has 3 aliphatic rings. The number of piperazine rings is 1. The topological polar surface area (TPSA) is 168 Å². The van der Waals surface area contributed by atoms with Crippen molar-refractivity contribution in [3.63, 3.8) is 0 Å². The summed E-state index contributed by atoms with van der Waals surface area (Å²) in [5, 5.41) is 22.5. The highest BCUT2D eigenvalue weighted by molar-refractivity contribution is 6.23. The molecule has 14 heteroatoms. The second-order valence-corrected chi connectivity index (χ2v) is 9.83. The molecular weight excluding hydrogens is 524 g/mol. The first-order valence-corrected chi connectivity index (χ1v) is 12.9. The molecule has 5 rings (SSSR count). The summed E-state index contributed by atoms with van der Waals surface area (Å²) < 4.78 is 0. The van der Waals surface area contributed by atoms with Gasteiger partial charge in [-0.3, -0.25) is 49.2 Å². The molecule has 0 aliphatic carbocycles. The summed E-state index contributed by atoms with van der Waals surface area (Å²) in [6.45, 7) is 4.66. The van der Waals surface area contributed by atoms with Crippen molar-refractivity contribution in [2.75, 3.05) is 52.4 Å². The van der Waals surface area contributed by atoms with Gasteiger partial charge in [-0.15, -0.1) is 0 Å². The normalized spacial score (nSPS) is 17.5. The summed E-state index contributed by atoms with van der Waals surface area (Å²) in [4.78, 5) is 78.5. The first-order chi connectivity index (χ1) is 19.2. The smallest absolute Gasteiger partial charge is 0.282 e. The lowest BCUT2D eigenvalue weighted by molar-refractivity contribution is -0.385. The van der Waals surface area contributed by atoms with Gasteiger partial charge >= 0.3 is 0 Å². The summed E-state index contributed by atoms with van der Waals surface area (Å²) >= 11 is 0. The van der Waals surface area contributed by atoms with Crippen molar-refractivity contribution in [3.8, 4) is 0 Å². The molecule has 1 fully saturated rings. The molecule has 0 radical (unpaired) electrons. The minimum atomic E-state index is -0.654. The van der Waals surface area contributed by atoms with Crippen LogP contribution in [0.3, 0.4) is 0 Å². The average Bonchev–Trinajstić information content (AvgIpc) is 3.34. The lowest BCUT2D eigenvalue weighted by Gasteiger charge is -2.35. The Morgan fingerprint density at radius 2 is 0.950 bits per heavy atom. The molecule has 0 N–H and O–H groups in total. The summed E-state index contributed by atoms with van der Waals surface area (Å²) in [7, 11) is 0. The van der Waals surface area contributed by atoms with Gasteiger partial charge in [0.2, 0.25) is 0 Å². The molecule has 0 unspecified atom stereocenters. The van der Waals surface area contributed by atoms with Crippen molar-refractivity contribution < 1.29 is 29.0 Å². The van der Waals surface area contributed by atoms with E-state index in [1.807, 2.05) is 0 Å². The number of benzene rings is 2. The van der Waals surface area contributed by atoms with E-state index in [9.17, 15) is 39.4 Å². The van der Waals surface area contributed by atoms with Crippen LogP contribution < -0.4 is 0 Å². The Morgan fingerprint density at radius 3 is 1.30 bits per heavy atom. The van der Waals surface area contributed by atoms with Crippen molar-refractivity contribution in [2.45, 2.75) is 12.8 Å². The predicted octanol–water partition coefficient (Wildman–Crippen LogP) is 1.79. The summed E-state index contributed by atoms with van der Waals surface area (Å²) in [6.07, 6.45) is 1.07. The number of fused-ring (bicyclic) bond motifs is 2. The highest BCUT2D eigenvalue weighted by atomic mass is 16.6. The minimum absolute atomic E-state index is 0.0623. The molecule has 4 amide bonds. The Morgan fingerprint density at radius 1 is 0.575 bits per heavy atom. The van der Waals surface area contributed by atoms with Crippen molar-refractivity contribution in [1.82, 2.24) is 19.6 Å². The van der Waals surface area contributed by atoms with Crippen molar-refractivity contribution >= 4 is 35.0 Å². The number of nitro benzene ring substituents is 2. The van der Waals surface area contributed by atoms with Gasteiger partial charge < -0.3 is 9.80 Å². The van der Waals surface area contributed by atoms with E-state index < -0.39 is 33.5 Å². The van der Waals surface area contributed by atoms with Crippen LogP contribution in [-0.2, 0) is 0 Å². The van der Waals surface area contributed by atoms with Gasteiger partial charge in [0, 0.05) is 51.4 Å². The van der Waals surface area contributed by atoms with Crippen LogP contribution in [-0.4, -0.2) is 105 Å². The fraction of sp³-hybridized carbons (Fsp3) is 0.385. The lowest BCUT2D eigenvalue weighted by Crippen LogP contribution is -2.47. The van der Waals surface area contributed by atoms with Gasteiger partial charge in [-0.2, -0.15) is 0 Å². The SMILES string of the molecule is O=C1c2cccc([N+](=O)[O-])c2C(=O)N1CCCN1CCN(CCCN2C(=O)c3cccc([N+](=O)[O-])c3C2=O)CC1. The average molecular weight is 551 g/mol. The Hall–Kier alpha value is -4.56. The van der Waals surface area contributed by atoms with Crippen LogP contribution in [0, 0.1) is 20.2 Å². The fourth-order valence-corrected chi connectivity index (χ4v) is 5.48. The van der Waals surface area contributed by atoms with Crippen LogP contribution in [0.5, 0.6) is 0 Å². The number of carbonyl (C=O) groups is 4. The Bertz CT molecular complexity index is 1330. The van der Waals surface area contributed by atoms with Crippen LogP contribution >= 0.6 is 0 Å². The molecule has 0 atom stereocenters. The predicted molar refractivity (Wildman–Crippen MR) is 139 cm³/mol. The zero-order chi connectivity index (χ0) is 28.6. The zero-order valence-corrected chi connectivity index (χ0v) is 21.5. The maximum Gasteiger partial charge on any atom is 0.282 e. The van der Waals surface area contributed by atoms with Gasteiger partial charge in [0.25, 0.3) is 35.0 Å². The third-order valence-electron chi connectivity index (χ3n) is 7.52. The van der Waals surface area contributed by atoms with Crippen LogP contribution in [0.25, 0.3) is 0 Å². The minimum Gasteiger partial charge on any atom is -0.301 e. The monoisotopic (exact) mass is 550 g/mol. The quantitative estimate of drug-likeness (QED) is 0.242. The van der Waals surface area contributed by atoms with Gasteiger partial charge in [0.05, 0.1) is 21.0 Å². The molecular formula is C26H26N6O8. The largest absolute Gasteiger partial charge is 0.301 e. The van der Waals surface area contributed by atoms with E-state index in [1.54, 1.807) is 0 Å². The van der Waals surface area contributed by atoms with Gasteiger partial charge in [0.1, 0.15) is 11.1 Å². The second-order valence-electron chi connectivity index (χ2n) is 9.83. The number of nitrogens with zero attached hydrogens (tertiary/aromatic N) is 6. The number of hydrogen-bond acceptors (Lipinski definition) is 10. The van der Waals surface area contributed by atoms with E-state index >= 15 is 0 Å². The van der Waals surface area contributed by atoms with Gasteiger partial charge in [0.15, 0.2) is 0 Å². The molecule has 0 saturated carbocycles. The molecule has 1 saturated heterocycles. The van der Waals surface area contributed by atoms with E-state index in [0.29, 0.717) is 25.9 Å². The number of amides is 4. The zero-order valence-electron chi connectivity index (χ0n) is 21.5. The number of rotatable bonds is 10. The first-order valence-electron chi connectivity index (χ1n) is 12.9. The van der Waals surface area contributed by atoms with Crippen LogP contribution in [0.1, 0.15) is 54.3 Å². The maximum atomic E-state index is 12.7. The molecule has 0 aromatic heterocycles.